The minimum atomic E-state index is -4.78. The van der Waals surface area contributed by atoms with Crippen LogP contribution in [0.4, 0.5) is 18.9 Å². The van der Waals surface area contributed by atoms with Crippen LogP contribution < -0.4 is 10.1 Å². The first-order valence-electron chi connectivity index (χ1n) is 7.56. The van der Waals surface area contributed by atoms with Crippen molar-refractivity contribution in [1.29, 1.82) is 0 Å². The lowest BCUT2D eigenvalue weighted by atomic mass is 9.97. The number of nitrogens with one attached hydrogen (secondary N) is 1. The molecule has 0 radical (unpaired) electrons. The van der Waals surface area contributed by atoms with Gasteiger partial charge in [-0.25, -0.2) is 0 Å². The summed E-state index contributed by atoms with van der Waals surface area (Å²) in [4.78, 5) is 13.4. The van der Waals surface area contributed by atoms with Crippen LogP contribution in [-0.4, -0.2) is 31.3 Å². The molecule has 2 aromatic rings. The Morgan fingerprint density at radius 3 is 2.40 bits per heavy atom. The molecule has 1 amide bonds. The van der Waals surface area contributed by atoms with Crippen molar-refractivity contribution in [3.05, 3.63) is 48.0 Å². The van der Waals surface area contributed by atoms with Crippen molar-refractivity contribution < 1.29 is 22.7 Å². The van der Waals surface area contributed by atoms with Crippen molar-refractivity contribution in [3.8, 4) is 16.9 Å². The summed E-state index contributed by atoms with van der Waals surface area (Å²) < 4.78 is 41.6. The van der Waals surface area contributed by atoms with Crippen molar-refractivity contribution in [2.24, 2.45) is 0 Å². The van der Waals surface area contributed by atoms with E-state index in [1.807, 2.05) is 31.1 Å². The topological polar surface area (TPSA) is 41.6 Å². The Bertz CT molecular complexity index is 758. The van der Waals surface area contributed by atoms with E-state index < -0.39 is 6.36 Å². The second-order valence-electron chi connectivity index (χ2n) is 5.83. The molecule has 0 fully saturated rings. The van der Waals surface area contributed by atoms with Gasteiger partial charge in [-0.2, -0.15) is 0 Å². The number of carbonyl (C=O) groups excluding carboxylic acids is 1. The van der Waals surface area contributed by atoms with Crippen LogP contribution in [0.1, 0.15) is 12.5 Å². The summed E-state index contributed by atoms with van der Waals surface area (Å²) in [7, 11) is 3.80. The second-order valence-corrected chi connectivity index (χ2v) is 5.83. The van der Waals surface area contributed by atoms with Crippen molar-refractivity contribution >= 4 is 11.6 Å². The average Bonchev–Trinajstić information content (AvgIpc) is 2.47. The Hall–Kier alpha value is -2.54. The number of hydrogen-bond acceptors (Lipinski definition) is 3. The van der Waals surface area contributed by atoms with E-state index in [1.165, 1.54) is 25.1 Å². The maximum Gasteiger partial charge on any atom is 0.573 e. The molecule has 0 aliphatic rings. The molecular formula is C18H19F3N2O2. The first-order valence-corrected chi connectivity index (χ1v) is 7.56. The maximum atomic E-state index is 12.5. The second kappa shape index (κ2) is 7.57. The molecule has 0 spiro atoms. The minimum Gasteiger partial charge on any atom is -0.406 e. The highest BCUT2D eigenvalue weighted by Crippen LogP contribution is 2.36. The number of alkyl halides is 3. The van der Waals surface area contributed by atoms with Crippen LogP contribution in [0.2, 0.25) is 0 Å². The Labute approximate surface area is 144 Å². The number of rotatable bonds is 5. The first kappa shape index (κ1) is 18.8. The van der Waals surface area contributed by atoms with Crippen molar-refractivity contribution in [3.63, 3.8) is 0 Å². The van der Waals surface area contributed by atoms with Gasteiger partial charge in [0.1, 0.15) is 5.75 Å². The number of nitrogens with zero attached hydrogens (tertiary/aromatic N) is 1. The zero-order chi connectivity index (χ0) is 18.6. The quantitative estimate of drug-likeness (QED) is 0.874. The molecular weight excluding hydrogens is 333 g/mol. The van der Waals surface area contributed by atoms with Crippen LogP contribution in [0.25, 0.3) is 11.1 Å². The Morgan fingerprint density at radius 1 is 1.12 bits per heavy atom. The summed E-state index contributed by atoms with van der Waals surface area (Å²) >= 11 is 0. The monoisotopic (exact) mass is 352 g/mol. The third kappa shape index (κ3) is 5.49. The van der Waals surface area contributed by atoms with Gasteiger partial charge >= 0.3 is 6.36 Å². The van der Waals surface area contributed by atoms with Gasteiger partial charge in [-0.3, -0.25) is 4.79 Å². The van der Waals surface area contributed by atoms with E-state index in [4.69, 9.17) is 0 Å². The van der Waals surface area contributed by atoms with E-state index >= 15 is 0 Å². The zero-order valence-electron chi connectivity index (χ0n) is 14.1. The largest absolute Gasteiger partial charge is 0.573 e. The van der Waals surface area contributed by atoms with Gasteiger partial charge in [-0.05, 0) is 43.4 Å². The van der Waals surface area contributed by atoms with Crippen LogP contribution in [0.3, 0.4) is 0 Å². The summed E-state index contributed by atoms with van der Waals surface area (Å²) in [5.74, 6) is -0.646. The minimum absolute atomic E-state index is 0.309. The number of benzene rings is 2. The molecule has 2 rings (SSSR count). The summed E-state index contributed by atoms with van der Waals surface area (Å²) in [6.07, 6.45) is -4.78. The third-order valence-electron chi connectivity index (χ3n) is 3.33. The molecule has 25 heavy (non-hydrogen) atoms. The van der Waals surface area contributed by atoms with Gasteiger partial charge in [-0.15, -0.1) is 13.2 Å². The summed E-state index contributed by atoms with van der Waals surface area (Å²) in [5.41, 5.74) is 2.54. The number of ether oxygens (including phenoxy) is 1. The van der Waals surface area contributed by atoms with E-state index in [-0.39, 0.29) is 11.7 Å². The van der Waals surface area contributed by atoms with Crippen LogP contribution in [-0.2, 0) is 11.3 Å². The van der Waals surface area contributed by atoms with Gasteiger partial charge in [0.05, 0.1) is 0 Å². The van der Waals surface area contributed by atoms with Crippen molar-refractivity contribution in [2.75, 3.05) is 19.4 Å². The van der Waals surface area contributed by atoms with Crippen molar-refractivity contribution in [2.45, 2.75) is 19.8 Å². The van der Waals surface area contributed by atoms with E-state index in [0.717, 1.165) is 11.1 Å². The molecule has 4 nitrogen and oxygen atoms in total. The molecule has 1 N–H and O–H groups in total. The van der Waals surface area contributed by atoms with Gasteiger partial charge in [-0.1, -0.05) is 24.3 Å². The predicted octanol–water partition coefficient (Wildman–Crippen LogP) is 4.27. The number of carbonyl (C=O) groups is 1. The Balaban J connectivity index is 2.56. The lowest BCUT2D eigenvalue weighted by Crippen LogP contribution is -2.17. The standard InChI is InChI=1S/C18H19F3N2O2/c1-12(24)22-17-9-8-14(25-18(19,20)21)10-16(17)15-7-5-4-6-13(15)11-23(2)3/h4-10H,11H2,1-3H3,(H,22,24). The molecule has 0 atom stereocenters. The molecule has 7 heteroatoms. The van der Waals surface area contributed by atoms with Crippen LogP contribution in [0.15, 0.2) is 42.5 Å². The fraction of sp³-hybridized carbons (Fsp3) is 0.278. The highest BCUT2D eigenvalue weighted by Gasteiger charge is 2.31. The van der Waals surface area contributed by atoms with Gasteiger partial charge in [0, 0.05) is 24.7 Å². The molecule has 2 aromatic carbocycles. The number of halogens is 3. The molecule has 0 saturated heterocycles. The highest BCUT2D eigenvalue weighted by molar-refractivity contribution is 5.94. The predicted molar refractivity (Wildman–Crippen MR) is 90.3 cm³/mol. The van der Waals surface area contributed by atoms with E-state index in [9.17, 15) is 18.0 Å². The SMILES string of the molecule is CC(=O)Nc1ccc(OC(F)(F)F)cc1-c1ccccc1CN(C)C. The van der Waals surface area contributed by atoms with Crippen molar-refractivity contribution in [1.82, 2.24) is 4.90 Å². The van der Waals surface area contributed by atoms with Gasteiger partial charge < -0.3 is 15.0 Å². The zero-order valence-corrected chi connectivity index (χ0v) is 14.1. The molecule has 0 heterocycles. The highest BCUT2D eigenvalue weighted by atomic mass is 19.4. The molecule has 0 bridgehead atoms. The summed E-state index contributed by atoms with van der Waals surface area (Å²) in [6, 6.07) is 11.2. The Morgan fingerprint density at radius 2 is 1.80 bits per heavy atom. The number of anilines is 1. The fourth-order valence-electron chi connectivity index (χ4n) is 2.50. The molecule has 0 aromatic heterocycles. The van der Waals surface area contributed by atoms with E-state index in [1.54, 1.807) is 12.1 Å². The Kier molecular flexibility index (Phi) is 5.69. The molecule has 0 unspecified atom stereocenters. The summed E-state index contributed by atoms with van der Waals surface area (Å²) in [5, 5.41) is 2.65. The average molecular weight is 352 g/mol. The van der Waals surface area contributed by atoms with E-state index in [2.05, 4.69) is 10.1 Å². The van der Waals surface area contributed by atoms with Gasteiger partial charge in [0.25, 0.3) is 0 Å². The number of amides is 1. The fourth-order valence-corrected chi connectivity index (χ4v) is 2.50. The molecule has 0 aliphatic carbocycles. The third-order valence-corrected chi connectivity index (χ3v) is 3.33. The lowest BCUT2D eigenvalue weighted by Gasteiger charge is -2.18. The first-order chi connectivity index (χ1) is 11.7. The molecule has 0 saturated carbocycles. The van der Waals surface area contributed by atoms with E-state index in [0.29, 0.717) is 17.8 Å². The van der Waals surface area contributed by atoms with Crippen LogP contribution in [0, 0.1) is 0 Å². The van der Waals surface area contributed by atoms with Gasteiger partial charge in [0.15, 0.2) is 0 Å². The van der Waals surface area contributed by atoms with Crippen LogP contribution >= 0.6 is 0 Å². The maximum absolute atomic E-state index is 12.5. The molecule has 0 aliphatic heterocycles. The van der Waals surface area contributed by atoms with Crippen LogP contribution in [0.5, 0.6) is 5.75 Å². The normalized spacial score (nSPS) is 11.5. The van der Waals surface area contributed by atoms with Gasteiger partial charge in [0.2, 0.25) is 5.91 Å². The smallest absolute Gasteiger partial charge is 0.406 e. The number of hydrogen-bond donors (Lipinski definition) is 1. The lowest BCUT2D eigenvalue weighted by molar-refractivity contribution is -0.274. The summed E-state index contributed by atoms with van der Waals surface area (Å²) in [6.45, 7) is 1.94. The molecule has 134 valence electrons.